The third-order valence-electron chi connectivity index (χ3n) is 3.91. The van der Waals surface area contributed by atoms with Crippen LogP contribution in [0.3, 0.4) is 0 Å². The molecular formula is C17H19FN2O4S. The molecule has 0 bridgehead atoms. The molecule has 0 spiro atoms. The van der Waals surface area contributed by atoms with Gasteiger partial charge in [-0.05, 0) is 36.9 Å². The number of halogens is 1. The highest BCUT2D eigenvalue weighted by Gasteiger charge is 2.28. The first-order valence-electron chi connectivity index (χ1n) is 7.69. The molecular weight excluding hydrogens is 347 g/mol. The average molecular weight is 366 g/mol. The number of carboxylic acid groups (broad SMARTS) is 1. The number of aliphatic carboxylic acids is 1. The van der Waals surface area contributed by atoms with E-state index in [1.807, 2.05) is 0 Å². The number of carbonyl (C=O) groups is 3. The Bertz CT molecular complexity index is 833. The number of carbonyl (C=O) groups excluding carboxylic acids is 2. The Hall–Kier alpha value is -2.48. The van der Waals surface area contributed by atoms with Crippen molar-refractivity contribution in [1.82, 2.24) is 10.2 Å². The third kappa shape index (κ3) is 4.14. The summed E-state index contributed by atoms with van der Waals surface area (Å²) < 4.78 is 14.0. The Balaban J connectivity index is 2.36. The van der Waals surface area contributed by atoms with Crippen molar-refractivity contribution < 1.29 is 23.9 Å². The van der Waals surface area contributed by atoms with Crippen molar-refractivity contribution in [2.24, 2.45) is 0 Å². The molecule has 1 atom stereocenters. The van der Waals surface area contributed by atoms with Crippen LogP contribution in [-0.4, -0.2) is 46.9 Å². The molecule has 0 fully saturated rings. The van der Waals surface area contributed by atoms with Gasteiger partial charge in [-0.3, -0.25) is 9.59 Å². The van der Waals surface area contributed by atoms with Gasteiger partial charge in [-0.25, -0.2) is 9.18 Å². The molecule has 25 heavy (non-hydrogen) atoms. The maximum absolute atomic E-state index is 13.4. The first-order valence-corrected chi connectivity index (χ1v) is 8.51. The summed E-state index contributed by atoms with van der Waals surface area (Å²) >= 11 is 1.13. The second-order valence-corrected chi connectivity index (χ2v) is 6.74. The number of hydrogen-bond donors (Lipinski definition) is 2. The lowest BCUT2D eigenvalue weighted by atomic mass is 10.1. The normalized spacial score (nSPS) is 12.0. The van der Waals surface area contributed by atoms with E-state index in [0.29, 0.717) is 15.1 Å². The minimum Gasteiger partial charge on any atom is -0.480 e. The maximum atomic E-state index is 13.4. The van der Waals surface area contributed by atoms with Crippen LogP contribution in [0, 0.1) is 12.7 Å². The van der Waals surface area contributed by atoms with Gasteiger partial charge >= 0.3 is 5.97 Å². The number of nitrogens with one attached hydrogen (secondary N) is 1. The predicted molar refractivity (Wildman–Crippen MR) is 93.3 cm³/mol. The Morgan fingerprint density at radius 2 is 2.04 bits per heavy atom. The Kier molecular flexibility index (Phi) is 5.73. The van der Waals surface area contributed by atoms with Gasteiger partial charge in [0.15, 0.2) is 0 Å². The van der Waals surface area contributed by atoms with E-state index in [-0.39, 0.29) is 19.0 Å². The van der Waals surface area contributed by atoms with Crippen LogP contribution in [0.25, 0.3) is 10.1 Å². The van der Waals surface area contributed by atoms with Crippen molar-refractivity contribution in [3.8, 4) is 0 Å². The summed E-state index contributed by atoms with van der Waals surface area (Å²) in [5.41, 5.74) is 0.687. The van der Waals surface area contributed by atoms with E-state index in [1.165, 1.54) is 30.9 Å². The van der Waals surface area contributed by atoms with Gasteiger partial charge in [0, 0.05) is 24.7 Å². The lowest BCUT2D eigenvalue weighted by Crippen LogP contribution is -2.46. The standard InChI is InChI=1S/C17H19FN2O4S/c1-9-13-5-4-12(18)8-14(13)25-15(9)16(22)20(10(2)17(23)24)7-6-19-11(3)21/h4-5,8,10H,6-7H2,1-3H3,(H,19,21)(H,23,24). The van der Waals surface area contributed by atoms with Crippen molar-refractivity contribution in [1.29, 1.82) is 0 Å². The van der Waals surface area contributed by atoms with Crippen molar-refractivity contribution in [3.63, 3.8) is 0 Å². The summed E-state index contributed by atoms with van der Waals surface area (Å²) in [5, 5.41) is 12.6. The van der Waals surface area contributed by atoms with Gasteiger partial charge in [0.2, 0.25) is 5.91 Å². The highest BCUT2D eigenvalue weighted by Crippen LogP contribution is 2.32. The average Bonchev–Trinajstić information content (AvgIpc) is 2.86. The molecule has 1 aromatic carbocycles. The van der Waals surface area contributed by atoms with E-state index in [9.17, 15) is 23.9 Å². The molecule has 134 valence electrons. The molecule has 0 saturated carbocycles. The van der Waals surface area contributed by atoms with Crippen LogP contribution in [0.1, 0.15) is 29.1 Å². The van der Waals surface area contributed by atoms with Crippen LogP contribution < -0.4 is 5.32 Å². The van der Waals surface area contributed by atoms with Crippen LogP contribution >= 0.6 is 11.3 Å². The lowest BCUT2D eigenvalue weighted by Gasteiger charge is -2.26. The number of benzene rings is 1. The number of amides is 2. The summed E-state index contributed by atoms with van der Waals surface area (Å²) in [5.74, 6) is -2.24. The third-order valence-corrected chi connectivity index (χ3v) is 5.15. The molecule has 0 aliphatic carbocycles. The Labute approximate surface area is 148 Å². The number of rotatable bonds is 6. The zero-order valence-electron chi connectivity index (χ0n) is 14.1. The molecule has 0 aliphatic heterocycles. The molecule has 2 aromatic rings. The van der Waals surface area contributed by atoms with Crippen molar-refractivity contribution >= 4 is 39.2 Å². The number of fused-ring (bicyclic) bond motifs is 1. The van der Waals surface area contributed by atoms with Crippen molar-refractivity contribution in [2.45, 2.75) is 26.8 Å². The summed E-state index contributed by atoms with van der Waals surface area (Å²) in [4.78, 5) is 36.8. The van der Waals surface area contributed by atoms with Gasteiger partial charge in [0.25, 0.3) is 5.91 Å². The highest BCUT2D eigenvalue weighted by atomic mass is 32.1. The van der Waals surface area contributed by atoms with E-state index in [4.69, 9.17) is 0 Å². The molecule has 8 heteroatoms. The molecule has 1 aromatic heterocycles. The van der Waals surface area contributed by atoms with E-state index in [1.54, 1.807) is 13.0 Å². The van der Waals surface area contributed by atoms with Crippen molar-refractivity contribution in [3.05, 3.63) is 34.5 Å². The van der Waals surface area contributed by atoms with Gasteiger partial charge < -0.3 is 15.3 Å². The first kappa shape index (κ1) is 18.9. The van der Waals surface area contributed by atoms with Crippen LogP contribution in [0.4, 0.5) is 4.39 Å². The molecule has 2 amide bonds. The summed E-state index contributed by atoms with van der Waals surface area (Å²) in [6, 6.07) is 3.23. The largest absolute Gasteiger partial charge is 0.480 e. The number of aryl methyl sites for hydroxylation is 1. The van der Waals surface area contributed by atoms with Crippen molar-refractivity contribution in [2.75, 3.05) is 13.1 Å². The van der Waals surface area contributed by atoms with Gasteiger partial charge in [-0.15, -0.1) is 11.3 Å². The Morgan fingerprint density at radius 3 is 2.64 bits per heavy atom. The monoisotopic (exact) mass is 366 g/mol. The number of carboxylic acids is 1. The molecule has 1 unspecified atom stereocenters. The van der Waals surface area contributed by atoms with E-state index in [2.05, 4.69) is 5.32 Å². The Morgan fingerprint density at radius 1 is 1.36 bits per heavy atom. The van der Waals surface area contributed by atoms with Gasteiger partial charge in [-0.1, -0.05) is 6.07 Å². The van der Waals surface area contributed by atoms with Crippen LogP contribution in [0.2, 0.25) is 0 Å². The SMILES string of the molecule is CC(=O)NCCN(C(=O)c1sc2cc(F)ccc2c1C)C(C)C(=O)O. The van der Waals surface area contributed by atoms with Gasteiger partial charge in [-0.2, -0.15) is 0 Å². The quantitative estimate of drug-likeness (QED) is 0.822. The fourth-order valence-corrected chi connectivity index (χ4v) is 3.68. The minimum atomic E-state index is -1.14. The van der Waals surface area contributed by atoms with E-state index in [0.717, 1.165) is 16.7 Å². The second kappa shape index (κ2) is 7.60. The van der Waals surface area contributed by atoms with E-state index < -0.39 is 23.7 Å². The molecule has 0 saturated heterocycles. The van der Waals surface area contributed by atoms with E-state index >= 15 is 0 Å². The zero-order valence-corrected chi connectivity index (χ0v) is 14.9. The number of thiophene rings is 1. The fraction of sp³-hybridized carbons (Fsp3) is 0.353. The highest BCUT2D eigenvalue weighted by molar-refractivity contribution is 7.21. The topological polar surface area (TPSA) is 86.7 Å². The van der Waals surface area contributed by atoms with Gasteiger partial charge in [0.1, 0.15) is 11.9 Å². The molecule has 2 N–H and O–H groups in total. The fourth-order valence-electron chi connectivity index (χ4n) is 2.49. The van der Waals surface area contributed by atoms with Crippen LogP contribution in [0.5, 0.6) is 0 Å². The molecule has 6 nitrogen and oxygen atoms in total. The predicted octanol–water partition coefficient (Wildman–Crippen LogP) is 2.40. The minimum absolute atomic E-state index is 0.0634. The molecule has 0 radical (unpaired) electrons. The van der Waals surface area contributed by atoms with Gasteiger partial charge in [0.05, 0.1) is 4.88 Å². The molecule has 1 heterocycles. The second-order valence-electron chi connectivity index (χ2n) is 5.69. The number of hydrogen-bond acceptors (Lipinski definition) is 4. The first-order chi connectivity index (χ1) is 11.7. The smallest absolute Gasteiger partial charge is 0.326 e. The maximum Gasteiger partial charge on any atom is 0.326 e. The van der Waals surface area contributed by atoms with Crippen LogP contribution in [0.15, 0.2) is 18.2 Å². The summed E-state index contributed by atoms with van der Waals surface area (Å²) in [6.07, 6.45) is 0. The number of nitrogens with zero attached hydrogens (tertiary/aromatic N) is 1. The summed E-state index contributed by atoms with van der Waals surface area (Å²) in [7, 11) is 0. The molecule has 0 aliphatic rings. The summed E-state index contributed by atoms with van der Waals surface area (Å²) in [6.45, 7) is 4.72. The lowest BCUT2D eigenvalue weighted by molar-refractivity contribution is -0.141. The zero-order chi connectivity index (χ0) is 18.7. The van der Waals surface area contributed by atoms with Crippen LogP contribution in [-0.2, 0) is 9.59 Å². The molecule has 2 rings (SSSR count).